The standard InChI is InChI=1S/C14H25N3O/c1-2-14(5-6-15-11-14)13(18)17-9-7-16(8-10-17)12-3-4-12/h12,15H,2-11H2,1H3. The van der Waals surface area contributed by atoms with Gasteiger partial charge in [0, 0.05) is 38.8 Å². The lowest BCUT2D eigenvalue weighted by molar-refractivity contribution is -0.143. The average Bonchev–Trinajstić information content (AvgIpc) is 3.16. The van der Waals surface area contributed by atoms with Gasteiger partial charge in [-0.2, -0.15) is 0 Å². The summed E-state index contributed by atoms with van der Waals surface area (Å²) in [7, 11) is 0. The lowest BCUT2D eigenvalue weighted by atomic mass is 9.82. The van der Waals surface area contributed by atoms with Crippen molar-refractivity contribution < 1.29 is 4.79 Å². The molecule has 2 saturated heterocycles. The number of carbonyl (C=O) groups excluding carboxylic acids is 1. The number of hydrogen-bond donors (Lipinski definition) is 1. The molecule has 2 aliphatic heterocycles. The molecule has 1 amide bonds. The molecule has 0 aromatic rings. The topological polar surface area (TPSA) is 35.6 Å². The first-order valence-electron chi connectivity index (χ1n) is 7.49. The molecule has 18 heavy (non-hydrogen) atoms. The van der Waals surface area contributed by atoms with Crippen LogP contribution in [0.5, 0.6) is 0 Å². The van der Waals surface area contributed by atoms with Crippen LogP contribution in [-0.2, 0) is 4.79 Å². The largest absolute Gasteiger partial charge is 0.340 e. The molecule has 2 heterocycles. The predicted octanol–water partition coefficient (Wildman–Crippen LogP) is 0.683. The maximum absolute atomic E-state index is 12.7. The molecule has 3 rings (SSSR count). The molecule has 0 bridgehead atoms. The van der Waals surface area contributed by atoms with E-state index in [-0.39, 0.29) is 5.41 Å². The maximum atomic E-state index is 12.7. The van der Waals surface area contributed by atoms with Gasteiger partial charge in [-0.1, -0.05) is 6.92 Å². The SMILES string of the molecule is CCC1(C(=O)N2CCN(C3CC3)CC2)CCNC1. The van der Waals surface area contributed by atoms with Crippen molar-refractivity contribution in [3.63, 3.8) is 0 Å². The Balaban J connectivity index is 1.59. The highest BCUT2D eigenvalue weighted by Crippen LogP contribution is 2.33. The molecule has 1 N–H and O–H groups in total. The molecule has 0 aromatic heterocycles. The fourth-order valence-electron chi connectivity index (χ4n) is 3.44. The zero-order chi connectivity index (χ0) is 12.6. The molecule has 1 saturated carbocycles. The van der Waals surface area contributed by atoms with Crippen molar-refractivity contribution in [3.05, 3.63) is 0 Å². The van der Waals surface area contributed by atoms with Crippen LogP contribution >= 0.6 is 0 Å². The molecule has 4 nitrogen and oxygen atoms in total. The van der Waals surface area contributed by atoms with E-state index in [9.17, 15) is 4.79 Å². The molecule has 1 atom stereocenters. The summed E-state index contributed by atoms with van der Waals surface area (Å²) in [6, 6.07) is 0.843. The minimum Gasteiger partial charge on any atom is -0.340 e. The highest BCUT2D eigenvalue weighted by atomic mass is 16.2. The highest BCUT2D eigenvalue weighted by molar-refractivity contribution is 5.83. The Morgan fingerprint density at radius 1 is 1.28 bits per heavy atom. The third-order valence-electron chi connectivity index (χ3n) is 5.04. The fourth-order valence-corrected chi connectivity index (χ4v) is 3.44. The maximum Gasteiger partial charge on any atom is 0.230 e. The second-order valence-corrected chi connectivity index (χ2v) is 6.12. The number of hydrogen-bond acceptors (Lipinski definition) is 3. The zero-order valence-electron chi connectivity index (χ0n) is 11.5. The second-order valence-electron chi connectivity index (χ2n) is 6.12. The summed E-state index contributed by atoms with van der Waals surface area (Å²) in [5.41, 5.74) is -0.0955. The Morgan fingerprint density at radius 3 is 2.50 bits per heavy atom. The van der Waals surface area contributed by atoms with E-state index in [1.165, 1.54) is 12.8 Å². The molecule has 0 radical (unpaired) electrons. The number of nitrogens with zero attached hydrogens (tertiary/aromatic N) is 2. The van der Waals surface area contributed by atoms with Gasteiger partial charge in [-0.15, -0.1) is 0 Å². The van der Waals surface area contributed by atoms with Gasteiger partial charge >= 0.3 is 0 Å². The first-order valence-corrected chi connectivity index (χ1v) is 7.49. The van der Waals surface area contributed by atoms with Crippen molar-refractivity contribution in [3.8, 4) is 0 Å². The van der Waals surface area contributed by atoms with Crippen molar-refractivity contribution in [2.45, 2.75) is 38.6 Å². The average molecular weight is 251 g/mol. The molecule has 0 spiro atoms. The van der Waals surface area contributed by atoms with E-state index in [0.717, 1.165) is 58.2 Å². The van der Waals surface area contributed by atoms with Gasteiger partial charge in [0.1, 0.15) is 0 Å². The quantitative estimate of drug-likeness (QED) is 0.801. The Bertz CT molecular complexity index is 313. The van der Waals surface area contributed by atoms with Crippen molar-refractivity contribution in [2.24, 2.45) is 5.41 Å². The van der Waals surface area contributed by atoms with Gasteiger partial charge in [-0.25, -0.2) is 0 Å². The van der Waals surface area contributed by atoms with Crippen molar-refractivity contribution in [2.75, 3.05) is 39.3 Å². The zero-order valence-corrected chi connectivity index (χ0v) is 11.5. The summed E-state index contributed by atoms with van der Waals surface area (Å²) in [5, 5.41) is 3.36. The van der Waals surface area contributed by atoms with E-state index < -0.39 is 0 Å². The van der Waals surface area contributed by atoms with Gasteiger partial charge in [-0.05, 0) is 32.2 Å². The lowest BCUT2D eigenvalue weighted by Gasteiger charge is -2.39. The summed E-state index contributed by atoms with van der Waals surface area (Å²) in [6.45, 7) is 8.10. The normalized spacial score (nSPS) is 33.9. The number of piperazine rings is 1. The van der Waals surface area contributed by atoms with Crippen LogP contribution in [0.1, 0.15) is 32.6 Å². The second kappa shape index (κ2) is 4.82. The van der Waals surface area contributed by atoms with Gasteiger partial charge in [0.2, 0.25) is 5.91 Å². The third-order valence-corrected chi connectivity index (χ3v) is 5.04. The van der Waals surface area contributed by atoms with Crippen LogP contribution in [0.3, 0.4) is 0 Å². The van der Waals surface area contributed by atoms with Crippen LogP contribution in [0, 0.1) is 5.41 Å². The summed E-state index contributed by atoms with van der Waals surface area (Å²) in [4.78, 5) is 17.4. The van der Waals surface area contributed by atoms with Crippen molar-refractivity contribution >= 4 is 5.91 Å². The van der Waals surface area contributed by atoms with Crippen LogP contribution in [0.25, 0.3) is 0 Å². The Labute approximate surface area is 110 Å². The molecule has 102 valence electrons. The summed E-state index contributed by atoms with van der Waals surface area (Å²) in [6.07, 6.45) is 4.74. The highest BCUT2D eigenvalue weighted by Gasteiger charge is 2.43. The molecular formula is C14H25N3O. The van der Waals surface area contributed by atoms with Crippen LogP contribution in [0.2, 0.25) is 0 Å². The van der Waals surface area contributed by atoms with Gasteiger partial charge in [0.05, 0.1) is 5.41 Å². The number of carbonyl (C=O) groups is 1. The first-order chi connectivity index (χ1) is 8.75. The molecule has 3 aliphatic rings. The first kappa shape index (κ1) is 12.4. The molecule has 0 aromatic carbocycles. The Hall–Kier alpha value is -0.610. The summed E-state index contributed by atoms with van der Waals surface area (Å²) >= 11 is 0. The van der Waals surface area contributed by atoms with Gasteiger partial charge in [0.15, 0.2) is 0 Å². The molecule has 1 aliphatic carbocycles. The number of rotatable bonds is 3. The van der Waals surface area contributed by atoms with E-state index >= 15 is 0 Å². The van der Waals surface area contributed by atoms with Crippen LogP contribution in [0.15, 0.2) is 0 Å². The number of amides is 1. The van der Waals surface area contributed by atoms with E-state index in [1.807, 2.05) is 0 Å². The van der Waals surface area contributed by atoms with E-state index in [0.29, 0.717) is 5.91 Å². The fraction of sp³-hybridized carbons (Fsp3) is 0.929. The van der Waals surface area contributed by atoms with Gasteiger partial charge in [-0.3, -0.25) is 9.69 Å². The van der Waals surface area contributed by atoms with Crippen LogP contribution in [-0.4, -0.2) is 61.0 Å². The van der Waals surface area contributed by atoms with Crippen LogP contribution < -0.4 is 5.32 Å². The smallest absolute Gasteiger partial charge is 0.230 e. The van der Waals surface area contributed by atoms with Gasteiger partial charge in [0.25, 0.3) is 0 Å². The number of nitrogens with one attached hydrogen (secondary N) is 1. The molecule has 1 unspecified atom stereocenters. The van der Waals surface area contributed by atoms with Gasteiger partial charge < -0.3 is 10.2 Å². The summed E-state index contributed by atoms with van der Waals surface area (Å²) in [5.74, 6) is 0.408. The Kier molecular flexibility index (Phi) is 3.32. The molecular weight excluding hydrogens is 226 g/mol. The van der Waals surface area contributed by atoms with E-state index in [4.69, 9.17) is 0 Å². The third kappa shape index (κ3) is 2.16. The summed E-state index contributed by atoms with van der Waals surface area (Å²) < 4.78 is 0. The Morgan fingerprint density at radius 2 is 2.00 bits per heavy atom. The van der Waals surface area contributed by atoms with Crippen molar-refractivity contribution in [1.82, 2.24) is 15.1 Å². The minimum atomic E-state index is -0.0955. The molecule has 4 heteroatoms. The van der Waals surface area contributed by atoms with Crippen LogP contribution in [0.4, 0.5) is 0 Å². The predicted molar refractivity (Wildman–Crippen MR) is 71.4 cm³/mol. The van der Waals surface area contributed by atoms with E-state index in [1.54, 1.807) is 0 Å². The van der Waals surface area contributed by atoms with E-state index in [2.05, 4.69) is 22.0 Å². The monoisotopic (exact) mass is 251 g/mol. The lowest BCUT2D eigenvalue weighted by Crippen LogP contribution is -2.54. The molecule has 3 fully saturated rings. The van der Waals surface area contributed by atoms with Crippen molar-refractivity contribution in [1.29, 1.82) is 0 Å². The minimum absolute atomic E-state index is 0.0955.